The van der Waals surface area contributed by atoms with Crippen molar-refractivity contribution in [1.29, 1.82) is 0 Å². The first-order valence-corrected chi connectivity index (χ1v) is 11.9. The van der Waals surface area contributed by atoms with Crippen LogP contribution >= 0.6 is 0 Å². The molecule has 0 saturated carbocycles. The van der Waals surface area contributed by atoms with Crippen LogP contribution in [0.4, 0.5) is 0 Å². The van der Waals surface area contributed by atoms with Gasteiger partial charge in [-0.05, 0) is 0 Å². The second kappa shape index (κ2) is 6.29. The summed E-state index contributed by atoms with van der Waals surface area (Å²) in [5, 5.41) is 0. The average molecular weight is 269 g/mol. The van der Waals surface area contributed by atoms with Crippen molar-refractivity contribution in [3.05, 3.63) is 48.6 Å². The van der Waals surface area contributed by atoms with E-state index in [9.17, 15) is 0 Å². The molecular weight excluding hydrogens is 251 g/mol. The Morgan fingerprint density at radius 1 is 0.750 bits per heavy atom. The molecule has 0 rings (SSSR count). The Balaban J connectivity index is 4.45. The Bertz CT molecular complexity index is 153. The van der Waals surface area contributed by atoms with Crippen LogP contribution in [0.1, 0.15) is 0 Å². The Morgan fingerprint density at radius 3 is 1.25 bits per heavy atom. The van der Waals surface area contributed by atoms with Crippen molar-refractivity contribution >= 4 is 18.4 Å². The molecule has 0 spiro atoms. The van der Waals surface area contributed by atoms with Gasteiger partial charge in [-0.2, -0.15) is 0 Å². The van der Waals surface area contributed by atoms with E-state index in [2.05, 4.69) is 30.4 Å². The molecule has 0 bridgehead atoms. The van der Waals surface area contributed by atoms with Crippen LogP contribution in [0.3, 0.4) is 0 Å². The van der Waals surface area contributed by atoms with E-state index in [-0.39, 0.29) is 0 Å². The first kappa shape index (κ1) is 11.8. The molecule has 0 amide bonds. The minimum atomic E-state index is -2.11. The van der Waals surface area contributed by atoms with E-state index in [0.717, 1.165) is 13.3 Å². The summed E-state index contributed by atoms with van der Waals surface area (Å²) in [5.41, 5.74) is 0. The van der Waals surface area contributed by atoms with Crippen LogP contribution in [-0.2, 0) is 0 Å². The third-order valence-corrected chi connectivity index (χ3v) is 14.0. The summed E-state index contributed by atoms with van der Waals surface area (Å²) in [7, 11) is 0. The molecule has 12 heavy (non-hydrogen) atoms. The normalized spacial score (nSPS) is 10.3. The molecule has 0 saturated heterocycles. The number of hydrogen-bond acceptors (Lipinski definition) is 0. The molecule has 0 atom stereocenters. The molecule has 0 unspecified atom stereocenters. The van der Waals surface area contributed by atoms with E-state index < -0.39 is 18.4 Å². The zero-order valence-electron chi connectivity index (χ0n) is 7.76. The summed E-state index contributed by atoms with van der Waals surface area (Å²) in [6, 6.07) is 0. The first-order valence-electron chi connectivity index (χ1n) is 4.21. The number of allylic oxidation sites excluding steroid dienone is 3. The number of rotatable bonds is 7. The van der Waals surface area contributed by atoms with Gasteiger partial charge in [0, 0.05) is 0 Å². The molecule has 0 aliphatic carbocycles. The summed E-state index contributed by atoms with van der Waals surface area (Å²) in [5.74, 6) is 0. The monoisotopic (exact) mass is 270 g/mol. The SMILES string of the molecule is C=C[CH2][Sn]([CH]=C)([CH2]C=C)[CH2]C=C. The first-order chi connectivity index (χ1) is 5.74. The molecule has 0 aliphatic heterocycles. The molecular formula is C11H18Sn. The van der Waals surface area contributed by atoms with E-state index >= 15 is 0 Å². The molecule has 0 aromatic rings. The van der Waals surface area contributed by atoms with Gasteiger partial charge in [0.1, 0.15) is 0 Å². The predicted molar refractivity (Wildman–Crippen MR) is 61.0 cm³/mol. The fourth-order valence-corrected chi connectivity index (χ4v) is 9.14. The van der Waals surface area contributed by atoms with Gasteiger partial charge in [0.15, 0.2) is 0 Å². The molecule has 0 heterocycles. The van der Waals surface area contributed by atoms with Crippen molar-refractivity contribution in [2.24, 2.45) is 0 Å². The summed E-state index contributed by atoms with van der Waals surface area (Å²) >= 11 is -2.11. The summed E-state index contributed by atoms with van der Waals surface area (Å²) in [6.07, 6.45) is 6.06. The second-order valence-electron chi connectivity index (χ2n) is 3.04. The maximum absolute atomic E-state index is 3.94. The summed E-state index contributed by atoms with van der Waals surface area (Å²) in [6.45, 7) is 15.3. The Kier molecular flexibility index (Phi) is 6.17. The summed E-state index contributed by atoms with van der Waals surface area (Å²) < 4.78 is 5.64. The van der Waals surface area contributed by atoms with Gasteiger partial charge in [-0.25, -0.2) is 0 Å². The van der Waals surface area contributed by atoms with Gasteiger partial charge in [0.25, 0.3) is 0 Å². The van der Waals surface area contributed by atoms with Crippen LogP contribution in [0.25, 0.3) is 0 Å². The van der Waals surface area contributed by atoms with Crippen molar-refractivity contribution in [1.82, 2.24) is 0 Å². The zero-order chi connectivity index (χ0) is 9.45. The molecule has 0 aliphatic rings. The van der Waals surface area contributed by atoms with Crippen LogP contribution in [0.15, 0.2) is 48.6 Å². The summed E-state index contributed by atoms with van der Waals surface area (Å²) in [4.78, 5) is 0. The van der Waals surface area contributed by atoms with E-state index in [1.54, 1.807) is 0 Å². The van der Waals surface area contributed by atoms with Crippen molar-refractivity contribution in [2.75, 3.05) is 0 Å². The van der Waals surface area contributed by atoms with Crippen LogP contribution in [-0.4, -0.2) is 18.4 Å². The molecule has 66 valence electrons. The van der Waals surface area contributed by atoms with Gasteiger partial charge in [0.05, 0.1) is 0 Å². The van der Waals surface area contributed by atoms with Crippen molar-refractivity contribution in [2.45, 2.75) is 13.3 Å². The van der Waals surface area contributed by atoms with Gasteiger partial charge in [-0.1, -0.05) is 0 Å². The van der Waals surface area contributed by atoms with Crippen LogP contribution in [0, 0.1) is 0 Å². The van der Waals surface area contributed by atoms with Gasteiger partial charge in [-0.15, -0.1) is 0 Å². The van der Waals surface area contributed by atoms with E-state index in [1.807, 2.05) is 18.2 Å². The van der Waals surface area contributed by atoms with Gasteiger partial charge >= 0.3 is 80.3 Å². The standard InChI is InChI=1S/3C3H5.C2H3.Sn/c3*1-3-2;1-2;/h3*3H,1-2H2;1H,2H2;. The molecule has 0 aromatic heterocycles. The molecule has 0 aromatic carbocycles. The zero-order valence-corrected chi connectivity index (χ0v) is 10.6. The average Bonchev–Trinajstić information content (AvgIpc) is 2.06. The van der Waals surface area contributed by atoms with Crippen molar-refractivity contribution in [3.63, 3.8) is 0 Å². The fourth-order valence-electron chi connectivity index (χ4n) is 1.36. The van der Waals surface area contributed by atoms with E-state index in [0.29, 0.717) is 0 Å². The molecule has 0 radical (unpaired) electrons. The van der Waals surface area contributed by atoms with Crippen molar-refractivity contribution in [3.8, 4) is 0 Å². The Labute approximate surface area is 80.2 Å². The topological polar surface area (TPSA) is 0 Å². The quantitative estimate of drug-likeness (QED) is 0.488. The van der Waals surface area contributed by atoms with Gasteiger partial charge in [0.2, 0.25) is 0 Å². The number of hydrogen-bond donors (Lipinski definition) is 0. The van der Waals surface area contributed by atoms with Crippen LogP contribution in [0.5, 0.6) is 0 Å². The molecule has 0 nitrogen and oxygen atoms in total. The van der Waals surface area contributed by atoms with Crippen molar-refractivity contribution < 1.29 is 0 Å². The third kappa shape index (κ3) is 3.44. The molecule has 0 fully saturated rings. The maximum atomic E-state index is 3.94. The Morgan fingerprint density at radius 2 is 1.08 bits per heavy atom. The Hall–Kier alpha value is -0.241. The van der Waals surface area contributed by atoms with Crippen LogP contribution < -0.4 is 0 Å². The van der Waals surface area contributed by atoms with E-state index in [1.165, 1.54) is 0 Å². The molecule has 0 N–H and O–H groups in total. The van der Waals surface area contributed by atoms with E-state index in [4.69, 9.17) is 0 Å². The molecule has 1 heteroatoms. The fraction of sp³-hybridized carbons (Fsp3) is 0.273. The third-order valence-electron chi connectivity index (χ3n) is 2.09. The van der Waals surface area contributed by atoms with Crippen LogP contribution in [0.2, 0.25) is 13.3 Å². The van der Waals surface area contributed by atoms with Gasteiger partial charge < -0.3 is 0 Å². The minimum absolute atomic E-state index is 1.15. The van der Waals surface area contributed by atoms with Gasteiger partial charge in [-0.3, -0.25) is 0 Å². The predicted octanol–water partition coefficient (Wildman–Crippen LogP) is 3.72. The second-order valence-corrected chi connectivity index (χ2v) is 15.5.